The number of benzene rings is 2. The van der Waals surface area contributed by atoms with Crippen LogP contribution in [-0.2, 0) is 13.0 Å². The van der Waals surface area contributed by atoms with Crippen LogP contribution in [0, 0.1) is 0 Å². The van der Waals surface area contributed by atoms with Gasteiger partial charge in [0.25, 0.3) is 5.91 Å². The second-order valence-electron chi connectivity index (χ2n) is 5.69. The number of carbonyl (C=O) groups excluding carboxylic acids is 1. The van der Waals surface area contributed by atoms with Crippen molar-refractivity contribution in [1.29, 1.82) is 0 Å². The Bertz CT molecular complexity index is 647. The first-order valence-electron chi connectivity index (χ1n) is 7.28. The minimum atomic E-state index is 0.0468. The minimum absolute atomic E-state index is 0.0468. The highest BCUT2D eigenvalue weighted by molar-refractivity contribution is 5.94. The van der Waals surface area contributed by atoms with Gasteiger partial charge >= 0.3 is 0 Å². The zero-order valence-corrected chi connectivity index (χ0v) is 12.5. The van der Waals surface area contributed by atoms with Gasteiger partial charge in [-0.25, -0.2) is 0 Å². The number of carbonyl (C=O) groups is 1. The summed E-state index contributed by atoms with van der Waals surface area (Å²) in [5.41, 5.74) is 4.77. The third kappa shape index (κ3) is 2.77. The summed E-state index contributed by atoms with van der Waals surface area (Å²) >= 11 is 0. The highest BCUT2D eigenvalue weighted by atomic mass is 16.2. The fourth-order valence-electron chi connectivity index (χ4n) is 2.79. The van der Waals surface area contributed by atoms with E-state index in [0.717, 1.165) is 25.1 Å². The maximum absolute atomic E-state index is 11.9. The molecule has 108 valence electrons. The van der Waals surface area contributed by atoms with Crippen LogP contribution in [-0.4, -0.2) is 31.4 Å². The Morgan fingerprint density at radius 1 is 1.00 bits per heavy atom. The Kier molecular flexibility index (Phi) is 3.65. The number of nitrogens with zero attached hydrogens (tertiary/aromatic N) is 2. The van der Waals surface area contributed by atoms with Gasteiger partial charge in [-0.1, -0.05) is 24.3 Å². The molecule has 0 saturated heterocycles. The first-order valence-corrected chi connectivity index (χ1v) is 7.28. The van der Waals surface area contributed by atoms with Crippen LogP contribution in [0.5, 0.6) is 0 Å². The summed E-state index contributed by atoms with van der Waals surface area (Å²) in [4.78, 5) is 15.9. The molecule has 2 aromatic rings. The summed E-state index contributed by atoms with van der Waals surface area (Å²) < 4.78 is 0. The Labute approximate surface area is 125 Å². The summed E-state index contributed by atoms with van der Waals surface area (Å²) in [6.45, 7) is 1.97. The zero-order chi connectivity index (χ0) is 14.8. The summed E-state index contributed by atoms with van der Waals surface area (Å²) in [6.07, 6.45) is 1.08. The summed E-state index contributed by atoms with van der Waals surface area (Å²) in [5, 5.41) is 0. The first kappa shape index (κ1) is 13.7. The van der Waals surface area contributed by atoms with Crippen molar-refractivity contribution >= 4 is 11.6 Å². The van der Waals surface area contributed by atoms with Gasteiger partial charge < -0.3 is 9.80 Å². The zero-order valence-electron chi connectivity index (χ0n) is 12.5. The van der Waals surface area contributed by atoms with Crippen LogP contribution in [0.15, 0.2) is 48.5 Å². The standard InChI is InChI=1S/C18H20N2O/c1-19(2)18(21)15-7-9-17(10-8-15)20-12-11-14-5-3-4-6-16(14)13-20/h3-10H,11-13H2,1-2H3. The van der Waals surface area contributed by atoms with E-state index < -0.39 is 0 Å². The largest absolute Gasteiger partial charge is 0.367 e. The van der Waals surface area contributed by atoms with Crippen molar-refractivity contribution in [2.24, 2.45) is 0 Å². The fraction of sp³-hybridized carbons (Fsp3) is 0.278. The molecule has 3 nitrogen and oxygen atoms in total. The SMILES string of the molecule is CN(C)C(=O)c1ccc(N2CCc3ccccc3C2)cc1. The highest BCUT2D eigenvalue weighted by Gasteiger charge is 2.16. The van der Waals surface area contributed by atoms with Gasteiger partial charge in [0.1, 0.15) is 0 Å². The molecule has 0 spiro atoms. The Morgan fingerprint density at radius 3 is 2.33 bits per heavy atom. The van der Waals surface area contributed by atoms with Crippen molar-refractivity contribution in [2.75, 3.05) is 25.5 Å². The van der Waals surface area contributed by atoms with E-state index in [1.807, 2.05) is 24.3 Å². The van der Waals surface area contributed by atoms with Crippen molar-refractivity contribution in [3.63, 3.8) is 0 Å². The number of amides is 1. The van der Waals surface area contributed by atoms with Crippen LogP contribution in [0.2, 0.25) is 0 Å². The lowest BCUT2D eigenvalue weighted by Gasteiger charge is -2.30. The predicted octanol–water partition coefficient (Wildman–Crippen LogP) is 2.95. The molecule has 1 aliphatic heterocycles. The third-order valence-corrected chi connectivity index (χ3v) is 4.02. The third-order valence-electron chi connectivity index (χ3n) is 4.02. The van der Waals surface area contributed by atoms with Crippen molar-refractivity contribution in [2.45, 2.75) is 13.0 Å². The summed E-state index contributed by atoms with van der Waals surface area (Å²) in [7, 11) is 3.55. The van der Waals surface area contributed by atoms with E-state index in [9.17, 15) is 4.79 Å². The van der Waals surface area contributed by atoms with Gasteiger partial charge in [-0.3, -0.25) is 4.79 Å². The van der Waals surface area contributed by atoms with Gasteiger partial charge in [-0.2, -0.15) is 0 Å². The average molecular weight is 280 g/mol. The quantitative estimate of drug-likeness (QED) is 0.844. The molecule has 0 atom stereocenters. The van der Waals surface area contributed by atoms with Gasteiger partial charge in [0, 0.05) is 38.4 Å². The Morgan fingerprint density at radius 2 is 1.67 bits per heavy atom. The molecule has 0 bridgehead atoms. The van der Waals surface area contributed by atoms with Gasteiger partial charge in [-0.15, -0.1) is 0 Å². The van der Waals surface area contributed by atoms with E-state index >= 15 is 0 Å². The van der Waals surface area contributed by atoms with Crippen LogP contribution in [0.25, 0.3) is 0 Å². The molecule has 0 radical (unpaired) electrons. The molecule has 0 saturated carbocycles. The molecule has 0 N–H and O–H groups in total. The number of fused-ring (bicyclic) bond motifs is 1. The number of anilines is 1. The molecule has 3 rings (SSSR count). The molecule has 0 aliphatic carbocycles. The summed E-state index contributed by atoms with van der Waals surface area (Å²) in [5.74, 6) is 0.0468. The van der Waals surface area contributed by atoms with Crippen LogP contribution in [0.1, 0.15) is 21.5 Å². The molecule has 0 fully saturated rings. The van der Waals surface area contributed by atoms with Crippen LogP contribution >= 0.6 is 0 Å². The lowest BCUT2D eigenvalue weighted by molar-refractivity contribution is 0.0827. The smallest absolute Gasteiger partial charge is 0.253 e. The van der Waals surface area contributed by atoms with E-state index in [-0.39, 0.29) is 5.91 Å². The highest BCUT2D eigenvalue weighted by Crippen LogP contribution is 2.24. The number of rotatable bonds is 2. The second kappa shape index (κ2) is 5.60. The predicted molar refractivity (Wildman–Crippen MR) is 85.7 cm³/mol. The van der Waals surface area contributed by atoms with Gasteiger partial charge in [-0.05, 0) is 41.8 Å². The molecule has 1 aliphatic rings. The van der Waals surface area contributed by atoms with Gasteiger partial charge in [0.15, 0.2) is 0 Å². The molecule has 0 unspecified atom stereocenters. The normalized spacial score (nSPS) is 13.7. The first-order chi connectivity index (χ1) is 10.1. The van der Waals surface area contributed by atoms with Crippen LogP contribution < -0.4 is 4.90 Å². The Hall–Kier alpha value is -2.29. The van der Waals surface area contributed by atoms with E-state index in [4.69, 9.17) is 0 Å². The molecule has 21 heavy (non-hydrogen) atoms. The van der Waals surface area contributed by atoms with E-state index in [2.05, 4.69) is 29.2 Å². The maximum Gasteiger partial charge on any atom is 0.253 e. The molecule has 2 aromatic carbocycles. The average Bonchev–Trinajstić information content (AvgIpc) is 2.54. The fourth-order valence-corrected chi connectivity index (χ4v) is 2.79. The number of hydrogen-bond donors (Lipinski definition) is 0. The maximum atomic E-state index is 11.9. The molecular weight excluding hydrogens is 260 g/mol. The summed E-state index contributed by atoms with van der Waals surface area (Å²) in [6, 6.07) is 16.5. The van der Waals surface area contributed by atoms with E-state index in [0.29, 0.717) is 0 Å². The molecule has 1 heterocycles. The lowest BCUT2D eigenvalue weighted by atomic mass is 9.99. The van der Waals surface area contributed by atoms with Crippen molar-refractivity contribution in [3.8, 4) is 0 Å². The lowest BCUT2D eigenvalue weighted by Crippen LogP contribution is -2.30. The topological polar surface area (TPSA) is 23.6 Å². The minimum Gasteiger partial charge on any atom is -0.367 e. The van der Waals surface area contributed by atoms with Crippen molar-refractivity contribution in [1.82, 2.24) is 4.90 Å². The number of hydrogen-bond acceptors (Lipinski definition) is 2. The van der Waals surface area contributed by atoms with Crippen LogP contribution in [0.3, 0.4) is 0 Å². The van der Waals surface area contributed by atoms with E-state index in [1.54, 1.807) is 19.0 Å². The second-order valence-corrected chi connectivity index (χ2v) is 5.69. The molecule has 0 aromatic heterocycles. The Balaban J connectivity index is 1.78. The monoisotopic (exact) mass is 280 g/mol. The molecule has 1 amide bonds. The molecule has 3 heteroatoms. The van der Waals surface area contributed by atoms with Crippen LogP contribution in [0.4, 0.5) is 5.69 Å². The van der Waals surface area contributed by atoms with Gasteiger partial charge in [0.05, 0.1) is 0 Å². The molecular formula is C18H20N2O. The van der Waals surface area contributed by atoms with Crippen molar-refractivity contribution in [3.05, 3.63) is 65.2 Å². The van der Waals surface area contributed by atoms with Gasteiger partial charge in [0.2, 0.25) is 0 Å². The van der Waals surface area contributed by atoms with E-state index in [1.165, 1.54) is 16.8 Å². The van der Waals surface area contributed by atoms with Crippen molar-refractivity contribution < 1.29 is 4.79 Å².